The Kier molecular flexibility index (Phi) is 3.82. The maximum Gasteiger partial charge on any atom is 0.321 e. The lowest BCUT2D eigenvalue weighted by Crippen LogP contribution is -2.38. The molecule has 3 aliphatic rings. The van der Waals surface area contributed by atoms with Crippen LogP contribution in [0.2, 0.25) is 0 Å². The summed E-state index contributed by atoms with van der Waals surface area (Å²) in [6.07, 6.45) is 5.84. The number of fused-ring (bicyclic) bond motifs is 2. The molecule has 4 rings (SSSR count). The number of likely N-dealkylation sites (tertiary alicyclic amines) is 1. The molecular weight excluding hydrogens is 372 g/mol. The minimum Gasteiger partial charge on any atom is -0.481 e. The Morgan fingerprint density at radius 1 is 1.25 bits per heavy atom. The van der Waals surface area contributed by atoms with E-state index < -0.39 is 11.4 Å². The summed E-state index contributed by atoms with van der Waals surface area (Å²) >= 11 is 3.54. The SMILES string of the molecule is O=C(Nc1cc2c(cc1Br)CCC2)N1C[C@@H]2CCC[C@@]2(C(=O)O)C1. The predicted octanol–water partition coefficient (Wildman–Crippen LogP) is 3.66. The van der Waals surface area contributed by atoms with E-state index in [9.17, 15) is 14.7 Å². The van der Waals surface area contributed by atoms with E-state index in [-0.39, 0.29) is 11.9 Å². The molecule has 2 fully saturated rings. The molecule has 24 heavy (non-hydrogen) atoms. The summed E-state index contributed by atoms with van der Waals surface area (Å²) in [4.78, 5) is 26.1. The van der Waals surface area contributed by atoms with Crippen LogP contribution in [0.15, 0.2) is 16.6 Å². The van der Waals surface area contributed by atoms with Crippen molar-refractivity contribution in [3.63, 3.8) is 0 Å². The maximum atomic E-state index is 12.7. The summed E-state index contributed by atoms with van der Waals surface area (Å²) in [6.45, 7) is 0.863. The number of aryl methyl sites for hydroxylation is 2. The Morgan fingerprint density at radius 2 is 2.00 bits per heavy atom. The zero-order valence-corrected chi connectivity index (χ0v) is 15.1. The number of nitrogens with zero attached hydrogens (tertiary/aromatic N) is 1. The molecule has 2 aliphatic carbocycles. The topological polar surface area (TPSA) is 69.6 Å². The molecule has 6 heteroatoms. The van der Waals surface area contributed by atoms with E-state index in [0.717, 1.165) is 42.3 Å². The third kappa shape index (κ3) is 2.42. The molecule has 2 N–H and O–H groups in total. The molecule has 1 aromatic carbocycles. The molecule has 128 valence electrons. The number of carboxylic acids is 1. The largest absolute Gasteiger partial charge is 0.481 e. The number of anilines is 1. The van der Waals surface area contributed by atoms with Crippen LogP contribution in [0.25, 0.3) is 0 Å². The third-order valence-corrected chi connectivity index (χ3v) is 6.66. The standard InChI is InChI=1S/C18H21BrN2O3/c19-14-7-11-3-1-4-12(11)8-15(14)20-17(24)21-9-13-5-2-6-18(13,10-21)16(22)23/h7-8,13H,1-6,9-10H2,(H,20,24)(H,22,23)/t13-,18+/m0/s1. The highest BCUT2D eigenvalue weighted by Gasteiger charge is 2.55. The van der Waals surface area contributed by atoms with Crippen molar-refractivity contribution < 1.29 is 14.7 Å². The van der Waals surface area contributed by atoms with Crippen molar-refractivity contribution in [3.8, 4) is 0 Å². The molecule has 5 nitrogen and oxygen atoms in total. The number of hydrogen-bond donors (Lipinski definition) is 2. The second-order valence-corrected chi connectivity index (χ2v) is 8.17. The van der Waals surface area contributed by atoms with Crippen LogP contribution in [-0.4, -0.2) is 35.1 Å². The molecule has 2 amide bonds. The predicted molar refractivity (Wildman–Crippen MR) is 94.2 cm³/mol. The van der Waals surface area contributed by atoms with Gasteiger partial charge in [0, 0.05) is 17.6 Å². The lowest BCUT2D eigenvalue weighted by atomic mass is 9.81. The van der Waals surface area contributed by atoms with E-state index in [2.05, 4.69) is 27.3 Å². The van der Waals surface area contributed by atoms with Crippen molar-refractivity contribution in [2.75, 3.05) is 18.4 Å². The van der Waals surface area contributed by atoms with E-state index in [1.54, 1.807) is 4.90 Å². The number of amides is 2. The summed E-state index contributed by atoms with van der Waals surface area (Å²) in [5.74, 6) is -0.664. The fraction of sp³-hybridized carbons (Fsp3) is 0.556. The van der Waals surface area contributed by atoms with Gasteiger partial charge in [-0.3, -0.25) is 4.79 Å². The van der Waals surface area contributed by atoms with Gasteiger partial charge in [0.2, 0.25) is 0 Å². The molecule has 0 spiro atoms. The molecule has 1 saturated heterocycles. The van der Waals surface area contributed by atoms with Gasteiger partial charge in [0.1, 0.15) is 0 Å². The summed E-state index contributed by atoms with van der Waals surface area (Å²) in [5, 5.41) is 12.6. The van der Waals surface area contributed by atoms with Gasteiger partial charge < -0.3 is 15.3 Å². The number of carbonyl (C=O) groups excluding carboxylic acids is 1. The average Bonchev–Trinajstić information content (AvgIpc) is 3.20. The summed E-state index contributed by atoms with van der Waals surface area (Å²) in [7, 11) is 0. The van der Waals surface area contributed by atoms with Gasteiger partial charge in [0.15, 0.2) is 0 Å². The Labute approximate surface area is 149 Å². The first-order valence-corrected chi connectivity index (χ1v) is 9.39. The molecule has 0 radical (unpaired) electrons. The lowest BCUT2D eigenvalue weighted by Gasteiger charge is -2.23. The number of urea groups is 1. The highest BCUT2D eigenvalue weighted by molar-refractivity contribution is 9.10. The van der Waals surface area contributed by atoms with Crippen LogP contribution in [0, 0.1) is 11.3 Å². The average molecular weight is 393 g/mol. The third-order valence-electron chi connectivity index (χ3n) is 6.01. The summed E-state index contributed by atoms with van der Waals surface area (Å²) in [5.41, 5.74) is 2.70. The van der Waals surface area contributed by atoms with Crippen LogP contribution in [0.5, 0.6) is 0 Å². The number of carbonyl (C=O) groups is 2. The van der Waals surface area contributed by atoms with Crippen LogP contribution >= 0.6 is 15.9 Å². The van der Waals surface area contributed by atoms with Crippen molar-refractivity contribution in [2.24, 2.45) is 11.3 Å². The van der Waals surface area contributed by atoms with E-state index >= 15 is 0 Å². The van der Waals surface area contributed by atoms with Gasteiger partial charge >= 0.3 is 12.0 Å². The van der Waals surface area contributed by atoms with Crippen molar-refractivity contribution in [3.05, 3.63) is 27.7 Å². The first kappa shape index (κ1) is 15.9. The monoisotopic (exact) mass is 392 g/mol. The Balaban J connectivity index is 1.51. The second-order valence-electron chi connectivity index (χ2n) is 7.32. The lowest BCUT2D eigenvalue weighted by molar-refractivity contribution is -0.149. The zero-order valence-electron chi connectivity index (χ0n) is 13.5. The van der Waals surface area contributed by atoms with Gasteiger partial charge in [-0.15, -0.1) is 0 Å². The fourth-order valence-electron chi connectivity index (χ4n) is 4.68. The number of aliphatic carboxylic acids is 1. The van der Waals surface area contributed by atoms with Crippen LogP contribution in [0.4, 0.5) is 10.5 Å². The van der Waals surface area contributed by atoms with Gasteiger partial charge in [-0.25, -0.2) is 4.79 Å². The highest BCUT2D eigenvalue weighted by Crippen LogP contribution is 2.49. The number of rotatable bonds is 2. The first-order valence-electron chi connectivity index (χ1n) is 8.60. The number of hydrogen-bond acceptors (Lipinski definition) is 2. The van der Waals surface area contributed by atoms with Crippen LogP contribution in [-0.2, 0) is 17.6 Å². The molecule has 2 atom stereocenters. The number of carboxylic acid groups (broad SMARTS) is 1. The van der Waals surface area contributed by atoms with Crippen molar-refractivity contribution in [1.29, 1.82) is 0 Å². The molecule has 0 aromatic heterocycles. The zero-order chi connectivity index (χ0) is 16.9. The first-order chi connectivity index (χ1) is 11.5. The van der Waals surface area contributed by atoms with Gasteiger partial charge in [0.05, 0.1) is 11.1 Å². The van der Waals surface area contributed by atoms with E-state index in [1.807, 2.05) is 6.07 Å². The van der Waals surface area contributed by atoms with Gasteiger partial charge in [-0.05, 0) is 77.2 Å². The minimum atomic E-state index is -0.751. The summed E-state index contributed by atoms with van der Waals surface area (Å²) < 4.78 is 0.892. The van der Waals surface area contributed by atoms with Gasteiger partial charge in [-0.2, -0.15) is 0 Å². The molecule has 0 bridgehead atoms. The maximum absolute atomic E-state index is 12.7. The molecule has 1 aromatic rings. The van der Waals surface area contributed by atoms with Crippen LogP contribution in [0.1, 0.15) is 36.8 Å². The number of halogens is 1. The quantitative estimate of drug-likeness (QED) is 0.806. The Bertz CT molecular complexity index is 720. The fourth-order valence-corrected chi connectivity index (χ4v) is 5.17. The van der Waals surface area contributed by atoms with Crippen molar-refractivity contribution in [1.82, 2.24) is 4.90 Å². The van der Waals surface area contributed by atoms with Gasteiger partial charge in [0.25, 0.3) is 0 Å². The van der Waals surface area contributed by atoms with Crippen LogP contribution < -0.4 is 5.32 Å². The van der Waals surface area contributed by atoms with Crippen LogP contribution in [0.3, 0.4) is 0 Å². The smallest absolute Gasteiger partial charge is 0.321 e. The van der Waals surface area contributed by atoms with E-state index in [4.69, 9.17) is 0 Å². The Hall–Kier alpha value is -1.56. The van der Waals surface area contributed by atoms with E-state index in [1.165, 1.54) is 11.1 Å². The highest BCUT2D eigenvalue weighted by atomic mass is 79.9. The normalized spacial score (nSPS) is 27.9. The van der Waals surface area contributed by atoms with E-state index in [0.29, 0.717) is 19.5 Å². The minimum absolute atomic E-state index is 0.0872. The Morgan fingerprint density at radius 3 is 2.71 bits per heavy atom. The number of benzene rings is 1. The van der Waals surface area contributed by atoms with Crippen molar-refractivity contribution >= 4 is 33.6 Å². The molecule has 1 aliphatic heterocycles. The molecule has 0 unspecified atom stereocenters. The molecule has 1 saturated carbocycles. The second kappa shape index (κ2) is 5.76. The summed E-state index contributed by atoms with van der Waals surface area (Å²) in [6, 6.07) is 3.95. The van der Waals surface area contributed by atoms with Gasteiger partial charge in [-0.1, -0.05) is 6.42 Å². The van der Waals surface area contributed by atoms with Crippen molar-refractivity contribution in [2.45, 2.75) is 38.5 Å². The molecule has 1 heterocycles. The number of nitrogens with one attached hydrogen (secondary N) is 1. The molecular formula is C18H21BrN2O3.